The van der Waals surface area contributed by atoms with Crippen LogP contribution >= 0.6 is 0 Å². The van der Waals surface area contributed by atoms with Crippen LogP contribution in [0.25, 0.3) is 0 Å². The minimum Gasteiger partial charge on any atom is -0.462 e. The van der Waals surface area contributed by atoms with Crippen molar-refractivity contribution >= 4 is 5.97 Å². The third-order valence-corrected chi connectivity index (χ3v) is 5.73. The van der Waals surface area contributed by atoms with Crippen LogP contribution in [0.3, 0.4) is 0 Å². The number of carbonyl (C=O) groups is 1. The molecule has 3 heteroatoms. The highest BCUT2D eigenvalue weighted by Crippen LogP contribution is 2.77. The van der Waals surface area contributed by atoms with E-state index in [0.29, 0.717) is 5.92 Å². The van der Waals surface area contributed by atoms with Crippen LogP contribution in [-0.2, 0) is 9.53 Å². The average Bonchev–Trinajstić information content (AvgIpc) is 2.87. The van der Waals surface area contributed by atoms with E-state index in [1.807, 2.05) is 13.8 Å². The molecule has 0 aromatic heterocycles. The molecule has 0 heterocycles. The van der Waals surface area contributed by atoms with Gasteiger partial charge in [0.25, 0.3) is 0 Å². The van der Waals surface area contributed by atoms with Crippen molar-refractivity contribution in [3.63, 3.8) is 0 Å². The van der Waals surface area contributed by atoms with E-state index in [0.717, 1.165) is 19.3 Å². The van der Waals surface area contributed by atoms with Gasteiger partial charge in [-0.2, -0.15) is 5.26 Å². The fourth-order valence-corrected chi connectivity index (χ4v) is 4.28. The van der Waals surface area contributed by atoms with Gasteiger partial charge in [-0.25, -0.2) is 0 Å². The second kappa shape index (κ2) is 4.51. The molecule has 2 fully saturated rings. The number of hydrogen-bond acceptors (Lipinski definition) is 3. The first-order chi connectivity index (χ1) is 8.83. The molecular weight excluding hydrogens is 238 g/mol. The van der Waals surface area contributed by atoms with Gasteiger partial charge < -0.3 is 4.74 Å². The number of nitrogens with zero attached hydrogens (tertiary/aromatic N) is 1. The maximum absolute atomic E-state index is 12.7. The lowest BCUT2D eigenvalue weighted by atomic mass is 9.71. The average molecular weight is 263 g/mol. The van der Waals surface area contributed by atoms with Crippen LogP contribution in [0.15, 0.2) is 0 Å². The highest BCUT2D eigenvalue weighted by atomic mass is 16.5. The van der Waals surface area contributed by atoms with Crippen LogP contribution in [0.1, 0.15) is 53.9 Å². The van der Waals surface area contributed by atoms with Gasteiger partial charge in [-0.15, -0.1) is 0 Å². The Balaban J connectivity index is 2.32. The Hall–Kier alpha value is -1.04. The van der Waals surface area contributed by atoms with Gasteiger partial charge in [0.05, 0.1) is 23.5 Å². The zero-order valence-electron chi connectivity index (χ0n) is 12.7. The first kappa shape index (κ1) is 14.4. The predicted molar refractivity (Wildman–Crippen MR) is 73.1 cm³/mol. The molecule has 0 bridgehead atoms. The fourth-order valence-electron chi connectivity index (χ4n) is 4.28. The van der Waals surface area contributed by atoms with E-state index in [-0.39, 0.29) is 29.3 Å². The van der Waals surface area contributed by atoms with Crippen molar-refractivity contribution in [2.75, 3.05) is 0 Å². The van der Waals surface area contributed by atoms with E-state index < -0.39 is 5.41 Å². The van der Waals surface area contributed by atoms with Gasteiger partial charge in [0.2, 0.25) is 0 Å². The van der Waals surface area contributed by atoms with Crippen LogP contribution in [0.4, 0.5) is 0 Å². The maximum atomic E-state index is 12.7. The second-order valence-electron chi connectivity index (χ2n) is 6.93. The number of fused-ring (bicyclic) bond motifs is 1. The summed E-state index contributed by atoms with van der Waals surface area (Å²) < 4.78 is 5.61. The number of ether oxygens (including phenoxy) is 1. The highest BCUT2D eigenvalue weighted by molar-refractivity contribution is 5.84. The predicted octanol–water partition coefficient (Wildman–Crippen LogP) is 3.54. The summed E-state index contributed by atoms with van der Waals surface area (Å²) in [6.07, 6.45) is 2.85. The molecule has 0 saturated heterocycles. The van der Waals surface area contributed by atoms with Crippen molar-refractivity contribution in [1.82, 2.24) is 0 Å². The summed E-state index contributed by atoms with van der Waals surface area (Å²) in [7, 11) is 0. The lowest BCUT2D eigenvalue weighted by Gasteiger charge is -2.32. The quantitative estimate of drug-likeness (QED) is 0.732. The van der Waals surface area contributed by atoms with Crippen LogP contribution in [0, 0.1) is 39.9 Å². The Morgan fingerprint density at radius 2 is 2.11 bits per heavy atom. The van der Waals surface area contributed by atoms with Gasteiger partial charge in [-0.3, -0.25) is 4.79 Å². The monoisotopic (exact) mass is 263 g/mol. The molecule has 2 saturated carbocycles. The molecule has 0 aromatic carbocycles. The summed E-state index contributed by atoms with van der Waals surface area (Å²) >= 11 is 0. The lowest BCUT2D eigenvalue weighted by molar-refractivity contribution is -0.160. The van der Waals surface area contributed by atoms with Crippen molar-refractivity contribution in [1.29, 1.82) is 5.26 Å². The van der Waals surface area contributed by atoms with E-state index in [4.69, 9.17) is 4.74 Å². The largest absolute Gasteiger partial charge is 0.462 e. The summed E-state index contributed by atoms with van der Waals surface area (Å²) in [6.45, 7) is 10.3. The van der Waals surface area contributed by atoms with Crippen LogP contribution in [-0.4, -0.2) is 12.1 Å². The van der Waals surface area contributed by atoms with E-state index >= 15 is 0 Å². The third kappa shape index (κ3) is 1.72. The molecule has 19 heavy (non-hydrogen) atoms. The number of esters is 1. The van der Waals surface area contributed by atoms with E-state index in [9.17, 15) is 10.1 Å². The Morgan fingerprint density at radius 3 is 2.63 bits per heavy atom. The molecule has 0 aliphatic heterocycles. The number of carbonyl (C=O) groups excluding carboxylic acids is 1. The Morgan fingerprint density at radius 1 is 1.47 bits per heavy atom. The fraction of sp³-hybridized carbons (Fsp3) is 0.875. The highest BCUT2D eigenvalue weighted by Gasteiger charge is 2.80. The zero-order valence-corrected chi connectivity index (χ0v) is 12.7. The minimum atomic E-state index is -0.553. The first-order valence-electron chi connectivity index (χ1n) is 7.44. The summed E-state index contributed by atoms with van der Waals surface area (Å²) in [6, 6.07) is 2.41. The number of nitriles is 1. The summed E-state index contributed by atoms with van der Waals surface area (Å²) in [5.74, 6) is 0.276. The zero-order chi connectivity index (χ0) is 14.4. The van der Waals surface area contributed by atoms with Gasteiger partial charge in [0.15, 0.2) is 0 Å². The molecule has 0 radical (unpaired) electrons. The molecule has 106 valence electrons. The molecule has 5 atom stereocenters. The van der Waals surface area contributed by atoms with Gasteiger partial charge in [-0.1, -0.05) is 27.7 Å². The van der Waals surface area contributed by atoms with E-state index in [1.165, 1.54) is 0 Å². The molecule has 0 N–H and O–H groups in total. The van der Waals surface area contributed by atoms with Crippen molar-refractivity contribution in [3.05, 3.63) is 0 Å². The Bertz CT molecular complexity index is 423. The standard InChI is InChI=1S/C16H25NO2/c1-6-11(3)19-14(18)16-12(9-17)10(2)7-8-13(16)15(16,4)5/h10-13H,6-8H2,1-5H3. The van der Waals surface area contributed by atoms with Crippen LogP contribution in [0.5, 0.6) is 0 Å². The van der Waals surface area contributed by atoms with E-state index in [2.05, 4.69) is 26.8 Å². The summed E-state index contributed by atoms with van der Waals surface area (Å²) in [5.41, 5.74) is -0.647. The molecule has 3 nitrogen and oxygen atoms in total. The summed E-state index contributed by atoms with van der Waals surface area (Å²) in [5, 5.41) is 9.54. The molecule has 0 aromatic rings. The molecule has 0 spiro atoms. The maximum Gasteiger partial charge on any atom is 0.314 e. The van der Waals surface area contributed by atoms with Gasteiger partial charge in [0.1, 0.15) is 0 Å². The van der Waals surface area contributed by atoms with Gasteiger partial charge in [0, 0.05) is 0 Å². The topological polar surface area (TPSA) is 50.1 Å². The molecule has 5 unspecified atom stereocenters. The van der Waals surface area contributed by atoms with Crippen molar-refractivity contribution < 1.29 is 9.53 Å². The molecule has 2 aliphatic rings. The molecule has 2 aliphatic carbocycles. The molecular formula is C16H25NO2. The Labute approximate surface area is 116 Å². The molecule has 0 amide bonds. The second-order valence-corrected chi connectivity index (χ2v) is 6.93. The number of hydrogen-bond donors (Lipinski definition) is 0. The van der Waals surface area contributed by atoms with Crippen LogP contribution in [0.2, 0.25) is 0 Å². The third-order valence-electron chi connectivity index (χ3n) is 5.73. The van der Waals surface area contributed by atoms with Gasteiger partial charge in [-0.05, 0) is 43.4 Å². The lowest BCUT2D eigenvalue weighted by Crippen LogP contribution is -2.38. The summed E-state index contributed by atoms with van der Waals surface area (Å²) in [4.78, 5) is 12.7. The SMILES string of the molecule is CCC(C)OC(=O)C12C(C#N)C(C)CCC1C2(C)C. The van der Waals surface area contributed by atoms with Crippen LogP contribution < -0.4 is 0 Å². The normalized spacial score (nSPS) is 40.7. The van der Waals surface area contributed by atoms with Crippen molar-refractivity contribution in [2.24, 2.45) is 28.6 Å². The molecule has 2 rings (SSSR count). The van der Waals surface area contributed by atoms with Crippen molar-refractivity contribution in [3.8, 4) is 6.07 Å². The minimum absolute atomic E-state index is 0.0597. The number of rotatable bonds is 3. The first-order valence-corrected chi connectivity index (χ1v) is 7.44. The smallest absolute Gasteiger partial charge is 0.314 e. The Kier molecular flexibility index (Phi) is 3.41. The van der Waals surface area contributed by atoms with Gasteiger partial charge >= 0.3 is 5.97 Å². The van der Waals surface area contributed by atoms with E-state index in [1.54, 1.807) is 0 Å². The van der Waals surface area contributed by atoms with Crippen molar-refractivity contribution in [2.45, 2.75) is 60.0 Å².